The van der Waals surface area contributed by atoms with Crippen molar-refractivity contribution in [3.8, 4) is 0 Å². The van der Waals surface area contributed by atoms with E-state index in [1.54, 1.807) is 41.1 Å². The molecule has 0 aliphatic rings. The van der Waals surface area contributed by atoms with Crippen LogP contribution in [0.1, 0.15) is 132 Å². The van der Waals surface area contributed by atoms with Gasteiger partial charge in [0.25, 0.3) is 0 Å². The van der Waals surface area contributed by atoms with Crippen LogP contribution in [-0.4, -0.2) is 77.9 Å². The van der Waals surface area contributed by atoms with E-state index in [2.05, 4.69) is 55.4 Å². The fourth-order valence-electron chi connectivity index (χ4n) is 4.80. The lowest BCUT2D eigenvalue weighted by Gasteiger charge is -2.26. The highest BCUT2D eigenvalue weighted by Crippen LogP contribution is 2.61. The minimum absolute atomic E-state index is 0. The van der Waals surface area contributed by atoms with Gasteiger partial charge < -0.3 is 16.5 Å². The monoisotopic (exact) mass is 723 g/mol. The van der Waals surface area contributed by atoms with Gasteiger partial charge in [0.15, 0.2) is 10.0 Å². The van der Waals surface area contributed by atoms with Crippen molar-refractivity contribution in [3.63, 3.8) is 0 Å². The first-order chi connectivity index (χ1) is 19.4. The molecule has 0 radical (unpaired) electrons. The Balaban J connectivity index is -0.000000264. The Morgan fingerprint density at radius 3 is 0.814 bits per heavy atom. The molecule has 13 heteroatoms. The quantitative estimate of drug-likeness (QED) is 0.106. The highest BCUT2D eigenvalue weighted by molar-refractivity contribution is 8.12. The third-order valence-corrected chi connectivity index (χ3v) is 20.5. The van der Waals surface area contributed by atoms with Gasteiger partial charge in [0, 0.05) is 20.8 Å². The summed E-state index contributed by atoms with van der Waals surface area (Å²) in [6, 6.07) is 0. The van der Waals surface area contributed by atoms with Gasteiger partial charge in [-0.2, -0.15) is 13.2 Å². The molecule has 0 saturated carbocycles. The van der Waals surface area contributed by atoms with Gasteiger partial charge in [-0.25, -0.2) is 16.8 Å². The first kappa shape index (κ1) is 50.7. The zero-order valence-electron chi connectivity index (χ0n) is 28.9. The lowest BCUT2D eigenvalue weighted by molar-refractivity contribution is -0.0425. The molecule has 0 amide bonds. The number of rotatable bonds is 22. The Morgan fingerprint density at radius 2 is 0.721 bits per heavy atom. The standard InChI is InChI=1S/2C14H32P.C2H3F3NO4S2.ClH/c2*1-5-9-12-15(8-4,13-10-6-2)14-11-7-3;1-11(7,8)6-12(9,10)2(3,4)5;/h2*5-14H2,1-4H3;1H3;1H/q2*+1;-1;/p-1. The van der Waals surface area contributed by atoms with E-state index in [1.807, 2.05) is 0 Å². The van der Waals surface area contributed by atoms with Gasteiger partial charge in [0.2, 0.25) is 0 Å². The van der Waals surface area contributed by atoms with Crippen molar-refractivity contribution >= 4 is 34.6 Å². The lowest BCUT2D eigenvalue weighted by atomic mass is 10.4. The Morgan fingerprint density at radius 1 is 0.512 bits per heavy atom. The molecule has 0 fully saturated rings. The van der Waals surface area contributed by atoms with Crippen LogP contribution in [-0.2, 0) is 20.0 Å². The number of hydrogen-bond donors (Lipinski definition) is 0. The van der Waals surface area contributed by atoms with Crippen LogP contribution in [0.25, 0.3) is 4.13 Å². The number of nitrogens with zero attached hydrogens (tertiary/aromatic N) is 1. The maximum absolute atomic E-state index is 11.4. The summed E-state index contributed by atoms with van der Waals surface area (Å²) in [5.41, 5.74) is -5.67. The van der Waals surface area contributed by atoms with Crippen molar-refractivity contribution in [2.45, 2.75) is 138 Å². The van der Waals surface area contributed by atoms with E-state index in [4.69, 9.17) is 0 Å². The minimum atomic E-state index is -5.92. The molecule has 266 valence electrons. The number of sulfonamides is 2. The molecule has 0 N–H and O–H groups in total. The van der Waals surface area contributed by atoms with Gasteiger partial charge in [-0.3, -0.25) is 0 Å². The fraction of sp³-hybridized carbons (Fsp3) is 1.00. The number of unbranched alkanes of at least 4 members (excludes halogenated alkanes) is 6. The first-order valence-corrected chi connectivity index (χ1v) is 24.7. The SMILES string of the molecule is CCCC[P+](CC)(CCCC)CCCC.CCCC[P+](CC)(CCCC)CCCC.CS(=O)(=O)[N-]S(=O)(=O)C(F)(F)F.[Cl-]. The predicted molar refractivity (Wildman–Crippen MR) is 187 cm³/mol. The van der Waals surface area contributed by atoms with Crippen molar-refractivity contribution in [3.05, 3.63) is 4.13 Å². The lowest BCUT2D eigenvalue weighted by Crippen LogP contribution is -3.00. The van der Waals surface area contributed by atoms with E-state index in [1.165, 1.54) is 89.4 Å². The van der Waals surface area contributed by atoms with E-state index < -0.39 is 40.1 Å². The summed E-state index contributed by atoms with van der Waals surface area (Å²) in [5, 5.41) is 0. The molecule has 43 heavy (non-hydrogen) atoms. The summed E-state index contributed by atoms with van der Waals surface area (Å²) < 4.78 is 76.0. The largest absolute Gasteiger partial charge is 1.00 e. The van der Waals surface area contributed by atoms with E-state index >= 15 is 0 Å². The average Bonchev–Trinajstić information content (AvgIpc) is 2.92. The van der Waals surface area contributed by atoms with Crippen molar-refractivity contribution in [1.29, 1.82) is 0 Å². The van der Waals surface area contributed by atoms with E-state index in [-0.39, 0.29) is 18.7 Å². The highest BCUT2D eigenvalue weighted by atomic mass is 35.5. The minimum Gasteiger partial charge on any atom is -1.00 e. The van der Waals surface area contributed by atoms with E-state index in [0.29, 0.717) is 0 Å². The van der Waals surface area contributed by atoms with Crippen molar-refractivity contribution in [2.24, 2.45) is 0 Å². The molecular formula is C30H67ClF3NO4P2S2. The van der Waals surface area contributed by atoms with Gasteiger partial charge in [0.1, 0.15) is 0 Å². The van der Waals surface area contributed by atoms with Crippen LogP contribution in [0.3, 0.4) is 0 Å². The summed E-state index contributed by atoms with van der Waals surface area (Å²) in [4.78, 5) is 0. The van der Waals surface area contributed by atoms with Crippen LogP contribution < -0.4 is 12.4 Å². The fourth-order valence-corrected chi connectivity index (χ4v) is 15.7. The van der Waals surface area contributed by atoms with Gasteiger partial charge in [-0.05, 0) is 52.4 Å². The Kier molecular flexibility index (Phi) is 32.8. The summed E-state index contributed by atoms with van der Waals surface area (Å²) in [5.74, 6) is 0. The maximum Gasteiger partial charge on any atom is 0.480 e. The van der Waals surface area contributed by atoms with Crippen LogP contribution in [0.5, 0.6) is 0 Å². The van der Waals surface area contributed by atoms with Crippen LogP contribution in [0.15, 0.2) is 0 Å². The predicted octanol–water partition coefficient (Wildman–Crippen LogP) is 8.02. The smallest absolute Gasteiger partial charge is 0.480 e. The van der Waals surface area contributed by atoms with Gasteiger partial charge in [0.05, 0.1) is 59.3 Å². The third kappa shape index (κ3) is 26.6. The van der Waals surface area contributed by atoms with Crippen LogP contribution >= 0.6 is 14.5 Å². The maximum atomic E-state index is 11.4. The topological polar surface area (TPSA) is 82.4 Å². The average molecular weight is 724 g/mol. The summed E-state index contributed by atoms with van der Waals surface area (Å²) >= 11 is 0. The van der Waals surface area contributed by atoms with Crippen molar-refractivity contribution < 1.29 is 42.4 Å². The van der Waals surface area contributed by atoms with Gasteiger partial charge in [-0.1, -0.05) is 80.1 Å². The molecule has 0 aromatic heterocycles. The molecule has 0 aliphatic carbocycles. The zero-order chi connectivity index (χ0) is 33.3. The highest BCUT2D eigenvalue weighted by Gasteiger charge is 2.40. The van der Waals surface area contributed by atoms with Crippen molar-refractivity contribution in [2.75, 3.05) is 55.6 Å². The summed E-state index contributed by atoms with van der Waals surface area (Å²) in [6.45, 7) is 18.9. The third-order valence-electron chi connectivity index (χ3n) is 7.78. The van der Waals surface area contributed by atoms with Crippen LogP contribution in [0, 0.1) is 0 Å². The molecule has 5 nitrogen and oxygen atoms in total. The van der Waals surface area contributed by atoms with E-state index in [9.17, 15) is 30.0 Å². The first-order valence-electron chi connectivity index (χ1n) is 16.4. The molecule has 0 rings (SSSR count). The molecular weight excluding hydrogens is 657 g/mol. The Labute approximate surface area is 273 Å². The molecule has 0 aromatic carbocycles. The molecule has 0 bridgehead atoms. The number of hydrogen-bond acceptors (Lipinski definition) is 4. The molecule has 0 saturated heterocycles. The second kappa shape index (κ2) is 27.9. The Bertz CT molecular complexity index is 771. The second-order valence-corrected chi connectivity index (χ2v) is 24.3. The number of halogens is 4. The Hall–Kier alpha value is 0.800. The molecule has 0 atom stereocenters. The molecule has 0 unspecified atom stereocenters. The normalized spacial score (nSPS) is 12.5. The summed E-state index contributed by atoms with van der Waals surface area (Å²) in [6.07, 6.45) is 30.0. The molecule has 0 aliphatic heterocycles. The number of alkyl halides is 3. The molecule has 0 heterocycles. The summed E-state index contributed by atoms with van der Waals surface area (Å²) in [7, 11) is -11.5. The second-order valence-electron chi connectivity index (χ2n) is 11.5. The molecule has 0 aromatic rings. The van der Waals surface area contributed by atoms with Crippen LogP contribution in [0.2, 0.25) is 0 Å². The van der Waals surface area contributed by atoms with Crippen molar-refractivity contribution in [1.82, 2.24) is 0 Å². The molecule has 0 spiro atoms. The van der Waals surface area contributed by atoms with E-state index in [0.717, 1.165) is 0 Å². The van der Waals surface area contributed by atoms with Gasteiger partial charge >= 0.3 is 5.51 Å². The van der Waals surface area contributed by atoms with Crippen LogP contribution in [0.4, 0.5) is 13.2 Å². The van der Waals surface area contributed by atoms with Gasteiger partial charge in [-0.15, -0.1) is 0 Å². The zero-order valence-corrected chi connectivity index (χ0v) is 33.1.